The number of anilines is 1. The Hall–Kier alpha value is -2.09. The number of amides is 1. The number of ether oxygens (including phenoxy) is 1. The van der Waals surface area contributed by atoms with Crippen LogP contribution in [-0.2, 0) is 26.2 Å². The lowest BCUT2D eigenvalue weighted by molar-refractivity contribution is -0.122. The Kier molecular flexibility index (Phi) is 8.29. The molecular formula is C20H25ClN2O4S. The minimum Gasteiger partial charge on any atom is -0.375 e. The van der Waals surface area contributed by atoms with Gasteiger partial charge in [0.1, 0.15) is 6.04 Å². The molecule has 28 heavy (non-hydrogen) atoms. The molecule has 2 aromatic carbocycles. The predicted octanol–water partition coefficient (Wildman–Crippen LogP) is 3.22. The molecule has 0 aliphatic rings. The molecule has 8 heteroatoms. The molecular weight excluding hydrogens is 400 g/mol. The number of benzene rings is 2. The molecule has 0 aromatic heterocycles. The van der Waals surface area contributed by atoms with Gasteiger partial charge in [-0.2, -0.15) is 0 Å². The van der Waals surface area contributed by atoms with Gasteiger partial charge in [-0.3, -0.25) is 9.10 Å². The number of nitrogens with zero attached hydrogens (tertiary/aromatic N) is 1. The number of halogens is 1. The number of sulfonamides is 1. The van der Waals surface area contributed by atoms with E-state index in [2.05, 4.69) is 5.32 Å². The van der Waals surface area contributed by atoms with Crippen LogP contribution < -0.4 is 9.62 Å². The van der Waals surface area contributed by atoms with Crippen molar-refractivity contribution in [2.24, 2.45) is 0 Å². The standard InChI is InChI=1S/C20H25ClN2O4S/c1-3-19(23(28(2,25)26)18-11-9-17(21)10-12-18)20(24)22-13-14-27-15-16-7-5-4-6-8-16/h4-12,19H,3,13-15H2,1-2H3,(H,22,24). The van der Waals surface area contributed by atoms with Gasteiger partial charge in [0, 0.05) is 11.6 Å². The van der Waals surface area contributed by atoms with Gasteiger partial charge in [-0.1, -0.05) is 48.9 Å². The Labute approximate surface area is 171 Å². The third-order valence-electron chi connectivity index (χ3n) is 4.07. The summed E-state index contributed by atoms with van der Waals surface area (Å²) in [4.78, 5) is 12.6. The minimum absolute atomic E-state index is 0.292. The summed E-state index contributed by atoms with van der Waals surface area (Å²) in [6.07, 6.45) is 1.41. The van der Waals surface area contributed by atoms with E-state index in [0.29, 0.717) is 36.9 Å². The lowest BCUT2D eigenvalue weighted by Crippen LogP contribution is -2.49. The fourth-order valence-corrected chi connectivity index (χ4v) is 4.11. The van der Waals surface area contributed by atoms with Crippen LogP contribution in [0.3, 0.4) is 0 Å². The van der Waals surface area contributed by atoms with Crippen LogP contribution in [0.25, 0.3) is 0 Å². The van der Waals surface area contributed by atoms with Crippen molar-refractivity contribution in [3.63, 3.8) is 0 Å². The summed E-state index contributed by atoms with van der Waals surface area (Å²) in [5.74, 6) is -0.369. The van der Waals surface area contributed by atoms with E-state index in [0.717, 1.165) is 16.1 Å². The quantitative estimate of drug-likeness (QED) is 0.594. The highest BCUT2D eigenvalue weighted by Crippen LogP contribution is 2.24. The zero-order valence-electron chi connectivity index (χ0n) is 16.0. The van der Waals surface area contributed by atoms with Crippen molar-refractivity contribution in [3.8, 4) is 0 Å². The Morgan fingerprint density at radius 1 is 1.14 bits per heavy atom. The van der Waals surface area contributed by atoms with Crippen LogP contribution in [-0.4, -0.2) is 39.8 Å². The third-order valence-corrected chi connectivity index (χ3v) is 5.50. The average molecular weight is 425 g/mol. The van der Waals surface area contributed by atoms with E-state index in [-0.39, 0.29) is 5.91 Å². The molecule has 0 spiro atoms. The van der Waals surface area contributed by atoms with Gasteiger partial charge in [0.2, 0.25) is 15.9 Å². The number of rotatable bonds is 10. The Morgan fingerprint density at radius 2 is 1.79 bits per heavy atom. The Bertz CT molecular complexity index is 858. The highest BCUT2D eigenvalue weighted by Gasteiger charge is 2.31. The predicted molar refractivity (Wildman–Crippen MR) is 112 cm³/mol. The maximum Gasteiger partial charge on any atom is 0.243 e. The van der Waals surface area contributed by atoms with Gasteiger partial charge in [0.25, 0.3) is 0 Å². The molecule has 1 N–H and O–H groups in total. The number of carbonyl (C=O) groups excluding carboxylic acids is 1. The van der Waals surface area contributed by atoms with Crippen molar-refractivity contribution >= 4 is 33.2 Å². The highest BCUT2D eigenvalue weighted by atomic mass is 35.5. The second-order valence-electron chi connectivity index (χ2n) is 6.29. The monoisotopic (exact) mass is 424 g/mol. The van der Waals surface area contributed by atoms with E-state index in [4.69, 9.17) is 16.3 Å². The van der Waals surface area contributed by atoms with Crippen LogP contribution >= 0.6 is 11.6 Å². The summed E-state index contributed by atoms with van der Waals surface area (Å²) in [6, 6.07) is 15.2. The second-order valence-corrected chi connectivity index (χ2v) is 8.58. The van der Waals surface area contributed by atoms with E-state index in [1.165, 1.54) is 0 Å². The molecule has 0 radical (unpaired) electrons. The lowest BCUT2D eigenvalue weighted by atomic mass is 10.2. The molecule has 0 aliphatic heterocycles. The molecule has 0 heterocycles. The van der Waals surface area contributed by atoms with Gasteiger partial charge in [-0.15, -0.1) is 0 Å². The molecule has 0 fully saturated rings. The van der Waals surface area contributed by atoms with E-state index in [9.17, 15) is 13.2 Å². The van der Waals surface area contributed by atoms with Gasteiger partial charge >= 0.3 is 0 Å². The van der Waals surface area contributed by atoms with Crippen LogP contribution in [0.15, 0.2) is 54.6 Å². The number of carbonyl (C=O) groups is 1. The zero-order chi connectivity index (χ0) is 20.6. The van der Waals surface area contributed by atoms with Gasteiger partial charge in [0.05, 0.1) is 25.2 Å². The van der Waals surface area contributed by atoms with Crippen molar-refractivity contribution in [1.82, 2.24) is 5.32 Å². The molecule has 0 bridgehead atoms. The molecule has 0 aliphatic carbocycles. The molecule has 6 nitrogen and oxygen atoms in total. The molecule has 1 unspecified atom stereocenters. The summed E-state index contributed by atoms with van der Waals surface area (Å²) >= 11 is 5.89. The second kappa shape index (κ2) is 10.5. The summed E-state index contributed by atoms with van der Waals surface area (Å²) in [6.45, 7) is 2.84. The molecule has 0 saturated heterocycles. The summed E-state index contributed by atoms with van der Waals surface area (Å²) < 4.78 is 31.4. The number of hydrogen-bond donors (Lipinski definition) is 1. The van der Waals surface area contributed by atoms with E-state index >= 15 is 0 Å². The van der Waals surface area contributed by atoms with Gasteiger partial charge in [-0.25, -0.2) is 8.42 Å². The van der Waals surface area contributed by atoms with Crippen molar-refractivity contribution in [1.29, 1.82) is 0 Å². The molecule has 1 atom stereocenters. The molecule has 2 rings (SSSR count). The summed E-state index contributed by atoms with van der Waals surface area (Å²) in [5.41, 5.74) is 1.44. The van der Waals surface area contributed by atoms with E-state index in [1.807, 2.05) is 30.3 Å². The highest BCUT2D eigenvalue weighted by molar-refractivity contribution is 7.92. The van der Waals surface area contributed by atoms with Crippen LogP contribution in [0.4, 0.5) is 5.69 Å². The van der Waals surface area contributed by atoms with E-state index in [1.54, 1.807) is 31.2 Å². The van der Waals surface area contributed by atoms with Gasteiger partial charge in [0.15, 0.2) is 0 Å². The van der Waals surface area contributed by atoms with Crippen LogP contribution in [0.5, 0.6) is 0 Å². The van der Waals surface area contributed by atoms with Crippen LogP contribution in [0, 0.1) is 0 Å². The fourth-order valence-electron chi connectivity index (χ4n) is 2.78. The van der Waals surface area contributed by atoms with Crippen LogP contribution in [0.2, 0.25) is 5.02 Å². The van der Waals surface area contributed by atoms with E-state index < -0.39 is 16.1 Å². The van der Waals surface area contributed by atoms with Crippen molar-refractivity contribution in [3.05, 3.63) is 65.2 Å². The first-order valence-electron chi connectivity index (χ1n) is 8.97. The number of hydrogen-bond acceptors (Lipinski definition) is 4. The zero-order valence-corrected chi connectivity index (χ0v) is 17.5. The largest absolute Gasteiger partial charge is 0.375 e. The first-order valence-corrected chi connectivity index (χ1v) is 11.2. The Morgan fingerprint density at radius 3 is 2.36 bits per heavy atom. The SMILES string of the molecule is CCC(C(=O)NCCOCc1ccccc1)N(c1ccc(Cl)cc1)S(C)(=O)=O. The van der Waals surface area contributed by atoms with Crippen molar-refractivity contribution in [2.45, 2.75) is 26.0 Å². The van der Waals surface area contributed by atoms with Crippen molar-refractivity contribution in [2.75, 3.05) is 23.7 Å². The maximum absolute atomic E-state index is 12.6. The van der Waals surface area contributed by atoms with Crippen LogP contribution in [0.1, 0.15) is 18.9 Å². The average Bonchev–Trinajstić information content (AvgIpc) is 2.66. The number of nitrogens with one attached hydrogen (secondary N) is 1. The molecule has 152 valence electrons. The van der Waals surface area contributed by atoms with Gasteiger partial charge in [-0.05, 0) is 36.2 Å². The van der Waals surface area contributed by atoms with Crippen molar-refractivity contribution < 1.29 is 17.9 Å². The fraction of sp³-hybridized carbons (Fsp3) is 0.350. The summed E-state index contributed by atoms with van der Waals surface area (Å²) in [5, 5.41) is 3.25. The molecule has 0 saturated carbocycles. The summed E-state index contributed by atoms with van der Waals surface area (Å²) in [7, 11) is -3.66. The smallest absolute Gasteiger partial charge is 0.243 e. The first kappa shape index (κ1) is 22.2. The first-order chi connectivity index (χ1) is 13.3. The minimum atomic E-state index is -3.66. The lowest BCUT2D eigenvalue weighted by Gasteiger charge is -2.30. The molecule has 1 amide bonds. The maximum atomic E-state index is 12.6. The Balaban J connectivity index is 1.96. The topological polar surface area (TPSA) is 75.7 Å². The third kappa shape index (κ3) is 6.51. The normalized spacial score (nSPS) is 12.4. The van der Waals surface area contributed by atoms with Gasteiger partial charge < -0.3 is 10.1 Å². The molecule has 2 aromatic rings.